The van der Waals surface area contributed by atoms with E-state index in [1.165, 1.54) is 14.2 Å². The van der Waals surface area contributed by atoms with E-state index in [0.29, 0.717) is 0 Å². The minimum atomic E-state index is -2.78. The highest BCUT2D eigenvalue weighted by Gasteiger charge is 2.49. The minimum Gasteiger partial charge on any atom is -0.397 e. The Morgan fingerprint density at radius 3 is 1.35 bits per heavy atom. The lowest BCUT2D eigenvalue weighted by atomic mass is 9.97. The summed E-state index contributed by atoms with van der Waals surface area (Å²) in [5, 5.41) is 0. The lowest BCUT2D eigenvalue weighted by Gasteiger charge is -2.31. The molecule has 17 heavy (non-hydrogen) atoms. The second-order valence-electron chi connectivity index (χ2n) is 4.97. The largest absolute Gasteiger partial charge is 0.397 e. The van der Waals surface area contributed by atoms with E-state index in [1.807, 2.05) is 0 Å². The fraction of sp³-hybridized carbons (Fsp3) is 0.833. The van der Waals surface area contributed by atoms with Crippen LogP contribution in [0.3, 0.4) is 0 Å². The first-order valence-corrected chi connectivity index (χ1v) is 8.28. The smallest absolute Gasteiger partial charge is 0.352 e. The summed E-state index contributed by atoms with van der Waals surface area (Å²) in [5.74, 6) is -0.553. The SMILES string of the molecule is CO[Si](C)(OC)C(C(=O)C(C)C)C(=O)C(C)C. The van der Waals surface area contributed by atoms with Crippen molar-refractivity contribution in [1.82, 2.24) is 0 Å². The number of carbonyl (C=O) groups is 2. The van der Waals surface area contributed by atoms with Gasteiger partial charge in [-0.2, -0.15) is 0 Å². The quantitative estimate of drug-likeness (QED) is 0.520. The number of rotatable bonds is 7. The predicted octanol–water partition coefficient (Wildman–Crippen LogP) is 2.17. The Morgan fingerprint density at radius 2 is 1.18 bits per heavy atom. The van der Waals surface area contributed by atoms with Gasteiger partial charge in [0.25, 0.3) is 0 Å². The summed E-state index contributed by atoms with van der Waals surface area (Å²) in [6.07, 6.45) is 0. The topological polar surface area (TPSA) is 52.6 Å². The Balaban J connectivity index is 5.39. The van der Waals surface area contributed by atoms with Gasteiger partial charge in [-0.15, -0.1) is 0 Å². The van der Waals surface area contributed by atoms with E-state index >= 15 is 0 Å². The molecule has 0 N–H and O–H groups in total. The zero-order valence-corrected chi connectivity index (χ0v) is 12.9. The third kappa shape index (κ3) is 3.72. The molecule has 100 valence electrons. The molecule has 0 aromatic carbocycles. The second-order valence-corrected chi connectivity index (χ2v) is 8.40. The summed E-state index contributed by atoms with van der Waals surface area (Å²) in [7, 11) is 0.230. The van der Waals surface area contributed by atoms with Crippen LogP contribution in [-0.4, -0.2) is 34.3 Å². The van der Waals surface area contributed by atoms with Gasteiger partial charge >= 0.3 is 8.56 Å². The fourth-order valence-electron chi connectivity index (χ4n) is 1.64. The van der Waals surface area contributed by atoms with Gasteiger partial charge < -0.3 is 8.85 Å². The molecule has 0 amide bonds. The Labute approximate surface area is 105 Å². The van der Waals surface area contributed by atoms with Crippen molar-refractivity contribution in [1.29, 1.82) is 0 Å². The molecule has 0 rings (SSSR count). The highest BCUT2D eigenvalue weighted by atomic mass is 28.4. The summed E-state index contributed by atoms with van der Waals surface area (Å²) in [6, 6.07) is 0. The maximum absolute atomic E-state index is 12.2. The van der Waals surface area contributed by atoms with Crippen LogP contribution >= 0.6 is 0 Å². The molecule has 0 heterocycles. The number of Topliss-reactive ketones (excluding diaryl/α,β-unsaturated/α-hetero) is 2. The van der Waals surface area contributed by atoms with Crippen molar-refractivity contribution in [2.24, 2.45) is 11.8 Å². The van der Waals surface area contributed by atoms with Crippen LogP contribution in [0.4, 0.5) is 0 Å². The fourth-order valence-corrected chi connectivity index (χ4v) is 3.98. The number of hydrogen-bond donors (Lipinski definition) is 0. The zero-order valence-electron chi connectivity index (χ0n) is 11.9. The molecule has 0 aliphatic carbocycles. The third-order valence-electron chi connectivity index (χ3n) is 3.04. The van der Waals surface area contributed by atoms with Crippen LogP contribution in [0.15, 0.2) is 0 Å². The Kier molecular flexibility index (Phi) is 6.22. The molecule has 0 unspecified atom stereocenters. The first-order valence-electron chi connectivity index (χ1n) is 5.89. The molecule has 4 nitrogen and oxygen atoms in total. The van der Waals surface area contributed by atoms with Gasteiger partial charge in [-0.3, -0.25) is 9.59 Å². The zero-order chi connectivity index (χ0) is 13.8. The summed E-state index contributed by atoms with van der Waals surface area (Å²) in [6.45, 7) is 8.94. The molecular weight excluding hydrogens is 236 g/mol. The monoisotopic (exact) mass is 260 g/mol. The maximum Gasteiger partial charge on any atom is 0.352 e. The Morgan fingerprint density at radius 1 is 0.882 bits per heavy atom. The van der Waals surface area contributed by atoms with Crippen molar-refractivity contribution >= 4 is 20.1 Å². The summed E-state index contributed by atoms with van der Waals surface area (Å²) >= 11 is 0. The van der Waals surface area contributed by atoms with Crippen LogP contribution in [0, 0.1) is 11.8 Å². The van der Waals surface area contributed by atoms with Gasteiger partial charge in [0, 0.05) is 26.1 Å². The van der Waals surface area contributed by atoms with Crippen molar-refractivity contribution in [2.45, 2.75) is 39.8 Å². The predicted molar refractivity (Wildman–Crippen MR) is 69.1 cm³/mol. The van der Waals surface area contributed by atoms with Crippen molar-refractivity contribution in [2.75, 3.05) is 14.2 Å². The molecule has 5 heteroatoms. The van der Waals surface area contributed by atoms with E-state index in [-0.39, 0.29) is 23.4 Å². The molecule has 0 spiro atoms. The van der Waals surface area contributed by atoms with Crippen molar-refractivity contribution in [3.05, 3.63) is 0 Å². The van der Waals surface area contributed by atoms with E-state index in [0.717, 1.165) is 0 Å². The molecule has 0 saturated heterocycles. The molecule has 0 bridgehead atoms. The van der Waals surface area contributed by atoms with Gasteiger partial charge in [-0.1, -0.05) is 27.7 Å². The molecular formula is C12H24O4Si. The molecule has 0 aromatic rings. The third-order valence-corrected chi connectivity index (χ3v) is 6.28. The average Bonchev–Trinajstić information content (AvgIpc) is 2.28. The molecule has 0 aromatic heterocycles. The standard InChI is InChI=1S/C12H24O4Si/c1-8(2)10(13)12(11(14)9(3)4)17(7,15-5)16-6/h8-9,12H,1-7H3. The van der Waals surface area contributed by atoms with Gasteiger partial charge in [0.15, 0.2) is 0 Å². The van der Waals surface area contributed by atoms with Crippen molar-refractivity contribution in [3.63, 3.8) is 0 Å². The van der Waals surface area contributed by atoms with Crippen LogP contribution < -0.4 is 0 Å². The highest BCUT2D eigenvalue weighted by molar-refractivity contribution is 6.75. The van der Waals surface area contributed by atoms with E-state index in [1.54, 1.807) is 34.2 Å². The minimum absolute atomic E-state index is 0.0819. The van der Waals surface area contributed by atoms with Crippen LogP contribution in [0.5, 0.6) is 0 Å². The summed E-state index contributed by atoms with van der Waals surface area (Å²) in [5.41, 5.74) is -0.738. The number of hydrogen-bond acceptors (Lipinski definition) is 4. The molecule has 0 aliphatic rings. The molecule has 0 radical (unpaired) electrons. The van der Waals surface area contributed by atoms with Crippen LogP contribution in [-0.2, 0) is 18.4 Å². The second kappa shape index (κ2) is 6.42. The van der Waals surface area contributed by atoms with E-state index < -0.39 is 14.1 Å². The average molecular weight is 260 g/mol. The molecule has 0 aliphatic heterocycles. The molecule has 0 fully saturated rings. The van der Waals surface area contributed by atoms with Gasteiger partial charge in [0.2, 0.25) is 0 Å². The van der Waals surface area contributed by atoms with E-state index in [9.17, 15) is 9.59 Å². The first kappa shape index (κ1) is 16.5. The van der Waals surface area contributed by atoms with E-state index in [2.05, 4.69) is 0 Å². The van der Waals surface area contributed by atoms with Gasteiger partial charge in [0.1, 0.15) is 17.1 Å². The Bertz CT molecular complexity index is 262. The van der Waals surface area contributed by atoms with Crippen molar-refractivity contribution < 1.29 is 18.4 Å². The Hall–Kier alpha value is -0.523. The van der Waals surface area contributed by atoms with Crippen LogP contribution in [0.25, 0.3) is 0 Å². The normalized spacial score (nSPS) is 12.6. The molecule has 0 atom stereocenters. The highest BCUT2D eigenvalue weighted by Crippen LogP contribution is 2.30. The van der Waals surface area contributed by atoms with Gasteiger partial charge in [-0.05, 0) is 6.55 Å². The van der Waals surface area contributed by atoms with Crippen LogP contribution in [0.2, 0.25) is 12.1 Å². The maximum atomic E-state index is 12.2. The molecule has 0 saturated carbocycles. The first-order chi connectivity index (χ1) is 7.71. The van der Waals surface area contributed by atoms with Crippen molar-refractivity contribution in [3.8, 4) is 0 Å². The van der Waals surface area contributed by atoms with E-state index in [4.69, 9.17) is 8.85 Å². The number of ketones is 2. The summed E-state index contributed by atoms with van der Waals surface area (Å²) in [4.78, 5) is 24.4. The number of carbonyl (C=O) groups excluding carboxylic acids is 2. The van der Waals surface area contributed by atoms with Gasteiger partial charge in [-0.25, -0.2) is 0 Å². The van der Waals surface area contributed by atoms with Crippen LogP contribution in [0.1, 0.15) is 27.7 Å². The lowest BCUT2D eigenvalue weighted by Crippen LogP contribution is -2.50. The summed E-state index contributed by atoms with van der Waals surface area (Å²) < 4.78 is 10.7. The lowest BCUT2D eigenvalue weighted by molar-refractivity contribution is -0.131. The van der Waals surface area contributed by atoms with Gasteiger partial charge in [0.05, 0.1) is 0 Å².